The molecule has 2 aliphatic carbocycles. The first-order valence-corrected chi connectivity index (χ1v) is 6.88. The quantitative estimate of drug-likeness (QED) is 0.869. The summed E-state index contributed by atoms with van der Waals surface area (Å²) < 4.78 is 0. The van der Waals surface area contributed by atoms with Crippen LogP contribution in [0.2, 0.25) is 0 Å². The Morgan fingerprint density at radius 2 is 2.00 bits per heavy atom. The number of nitrogens with two attached hydrogens (primary N) is 1. The van der Waals surface area contributed by atoms with E-state index in [1.54, 1.807) is 0 Å². The van der Waals surface area contributed by atoms with E-state index in [0.717, 1.165) is 18.7 Å². The Hall–Kier alpha value is -0.960. The Bertz CT molecular complexity index is 392. The molecular weight excluding hydrogens is 210 g/mol. The van der Waals surface area contributed by atoms with E-state index in [1.807, 2.05) is 6.20 Å². The molecule has 0 amide bonds. The fourth-order valence-electron chi connectivity index (χ4n) is 2.98. The van der Waals surface area contributed by atoms with E-state index in [2.05, 4.69) is 11.1 Å². The standard InChI is InChI=1S/C14H21N3/c15-10-14(7-2-1-3-8-14)13-16-9-6-12(17-13)11-4-5-11/h6,9,11H,1-5,7-8,10,15H2. The first kappa shape index (κ1) is 11.1. The zero-order chi connectivity index (χ0) is 11.7. The van der Waals surface area contributed by atoms with Crippen LogP contribution in [0.1, 0.15) is 62.4 Å². The lowest BCUT2D eigenvalue weighted by Crippen LogP contribution is -2.39. The highest BCUT2D eigenvalue weighted by Crippen LogP contribution is 2.41. The molecule has 0 aromatic carbocycles. The number of rotatable bonds is 3. The van der Waals surface area contributed by atoms with Crippen LogP contribution >= 0.6 is 0 Å². The summed E-state index contributed by atoms with van der Waals surface area (Å²) in [6, 6.07) is 2.08. The van der Waals surface area contributed by atoms with Crippen molar-refractivity contribution in [1.29, 1.82) is 0 Å². The van der Waals surface area contributed by atoms with Gasteiger partial charge in [-0.15, -0.1) is 0 Å². The predicted octanol–water partition coefficient (Wildman–Crippen LogP) is 2.51. The van der Waals surface area contributed by atoms with E-state index in [0.29, 0.717) is 12.5 Å². The first-order chi connectivity index (χ1) is 8.34. The van der Waals surface area contributed by atoms with Crippen LogP contribution in [0.5, 0.6) is 0 Å². The highest BCUT2D eigenvalue weighted by atomic mass is 14.9. The van der Waals surface area contributed by atoms with Crippen molar-refractivity contribution in [3.8, 4) is 0 Å². The maximum absolute atomic E-state index is 6.03. The molecule has 17 heavy (non-hydrogen) atoms. The van der Waals surface area contributed by atoms with Gasteiger partial charge in [0.2, 0.25) is 0 Å². The molecule has 0 saturated heterocycles. The molecule has 0 spiro atoms. The molecule has 0 bridgehead atoms. The molecule has 0 atom stereocenters. The number of hydrogen-bond acceptors (Lipinski definition) is 3. The van der Waals surface area contributed by atoms with Crippen LogP contribution in [0, 0.1) is 0 Å². The third kappa shape index (κ3) is 2.08. The van der Waals surface area contributed by atoms with Gasteiger partial charge in [0.1, 0.15) is 5.82 Å². The highest BCUT2D eigenvalue weighted by molar-refractivity contribution is 5.18. The highest BCUT2D eigenvalue weighted by Gasteiger charge is 2.36. The molecule has 3 rings (SSSR count). The predicted molar refractivity (Wildman–Crippen MR) is 67.8 cm³/mol. The Labute approximate surface area is 103 Å². The zero-order valence-corrected chi connectivity index (χ0v) is 10.4. The second kappa shape index (κ2) is 4.37. The molecule has 0 aliphatic heterocycles. The van der Waals surface area contributed by atoms with Crippen LogP contribution in [-0.4, -0.2) is 16.5 Å². The molecule has 2 fully saturated rings. The summed E-state index contributed by atoms with van der Waals surface area (Å²) >= 11 is 0. The average molecular weight is 231 g/mol. The van der Waals surface area contributed by atoms with Gasteiger partial charge in [-0.3, -0.25) is 0 Å². The van der Waals surface area contributed by atoms with Gasteiger partial charge in [0.15, 0.2) is 0 Å². The van der Waals surface area contributed by atoms with Crippen molar-refractivity contribution in [3.63, 3.8) is 0 Å². The Kier molecular flexibility index (Phi) is 2.87. The lowest BCUT2D eigenvalue weighted by molar-refractivity contribution is 0.285. The van der Waals surface area contributed by atoms with Crippen LogP contribution in [0.3, 0.4) is 0 Å². The Morgan fingerprint density at radius 3 is 2.65 bits per heavy atom. The van der Waals surface area contributed by atoms with Crippen molar-refractivity contribution < 1.29 is 0 Å². The van der Waals surface area contributed by atoms with Gasteiger partial charge in [-0.2, -0.15) is 0 Å². The minimum absolute atomic E-state index is 0.0726. The molecule has 2 N–H and O–H groups in total. The number of hydrogen-bond donors (Lipinski definition) is 1. The summed E-state index contributed by atoms with van der Waals surface area (Å²) in [5, 5.41) is 0. The fourth-order valence-corrected chi connectivity index (χ4v) is 2.98. The summed E-state index contributed by atoms with van der Waals surface area (Å²) in [6.07, 6.45) is 10.7. The smallest absolute Gasteiger partial charge is 0.135 e. The summed E-state index contributed by atoms with van der Waals surface area (Å²) in [5.41, 5.74) is 7.35. The third-order valence-electron chi connectivity index (χ3n) is 4.35. The molecular formula is C14H21N3. The maximum atomic E-state index is 6.03. The monoisotopic (exact) mass is 231 g/mol. The van der Waals surface area contributed by atoms with Crippen molar-refractivity contribution in [2.75, 3.05) is 6.54 Å². The molecule has 2 aliphatic rings. The zero-order valence-electron chi connectivity index (χ0n) is 10.4. The van der Waals surface area contributed by atoms with Gasteiger partial charge in [-0.25, -0.2) is 9.97 Å². The van der Waals surface area contributed by atoms with Gasteiger partial charge < -0.3 is 5.73 Å². The minimum atomic E-state index is 0.0726. The molecule has 1 aromatic rings. The molecule has 0 unspecified atom stereocenters. The third-order valence-corrected chi connectivity index (χ3v) is 4.35. The molecule has 1 aromatic heterocycles. The van der Waals surface area contributed by atoms with E-state index in [-0.39, 0.29) is 5.41 Å². The maximum Gasteiger partial charge on any atom is 0.135 e. The van der Waals surface area contributed by atoms with Crippen molar-refractivity contribution in [1.82, 2.24) is 9.97 Å². The van der Waals surface area contributed by atoms with Gasteiger partial charge in [0.25, 0.3) is 0 Å². The summed E-state index contributed by atoms with van der Waals surface area (Å²) in [4.78, 5) is 9.34. The van der Waals surface area contributed by atoms with Gasteiger partial charge in [0, 0.05) is 29.8 Å². The van der Waals surface area contributed by atoms with Gasteiger partial charge in [-0.05, 0) is 31.7 Å². The molecule has 0 radical (unpaired) electrons. The second-order valence-electron chi connectivity index (χ2n) is 5.62. The van der Waals surface area contributed by atoms with Crippen LogP contribution < -0.4 is 5.73 Å². The largest absolute Gasteiger partial charge is 0.329 e. The fraction of sp³-hybridized carbons (Fsp3) is 0.714. The molecule has 1 heterocycles. The first-order valence-electron chi connectivity index (χ1n) is 6.88. The summed E-state index contributed by atoms with van der Waals surface area (Å²) in [6.45, 7) is 0.696. The van der Waals surface area contributed by atoms with Crippen LogP contribution in [0.15, 0.2) is 12.3 Å². The second-order valence-corrected chi connectivity index (χ2v) is 5.62. The van der Waals surface area contributed by atoms with Gasteiger partial charge >= 0.3 is 0 Å². The van der Waals surface area contributed by atoms with Gasteiger partial charge in [-0.1, -0.05) is 19.3 Å². The van der Waals surface area contributed by atoms with E-state index >= 15 is 0 Å². The average Bonchev–Trinajstić information content (AvgIpc) is 3.24. The summed E-state index contributed by atoms with van der Waals surface area (Å²) in [7, 11) is 0. The van der Waals surface area contributed by atoms with Crippen LogP contribution in [0.4, 0.5) is 0 Å². The number of nitrogens with zero attached hydrogens (tertiary/aromatic N) is 2. The van der Waals surface area contributed by atoms with Gasteiger partial charge in [0.05, 0.1) is 0 Å². The Morgan fingerprint density at radius 1 is 1.24 bits per heavy atom. The minimum Gasteiger partial charge on any atom is -0.329 e. The molecule has 3 heteroatoms. The molecule has 92 valence electrons. The normalized spacial score (nSPS) is 23.6. The van der Waals surface area contributed by atoms with Crippen molar-refractivity contribution in [3.05, 3.63) is 23.8 Å². The van der Waals surface area contributed by atoms with E-state index in [4.69, 9.17) is 10.7 Å². The van der Waals surface area contributed by atoms with Crippen LogP contribution in [-0.2, 0) is 5.41 Å². The summed E-state index contributed by atoms with van der Waals surface area (Å²) in [5.74, 6) is 1.72. The Balaban J connectivity index is 1.91. The van der Waals surface area contributed by atoms with Crippen LogP contribution in [0.25, 0.3) is 0 Å². The van der Waals surface area contributed by atoms with E-state index in [1.165, 1.54) is 37.8 Å². The number of aromatic nitrogens is 2. The topological polar surface area (TPSA) is 51.8 Å². The molecule has 2 saturated carbocycles. The van der Waals surface area contributed by atoms with Crippen molar-refractivity contribution in [2.45, 2.75) is 56.3 Å². The lowest BCUT2D eigenvalue weighted by Gasteiger charge is -2.34. The molecule has 3 nitrogen and oxygen atoms in total. The SMILES string of the molecule is NCC1(c2nccc(C3CC3)n2)CCCCC1. The van der Waals surface area contributed by atoms with Crippen molar-refractivity contribution in [2.24, 2.45) is 5.73 Å². The van der Waals surface area contributed by atoms with E-state index < -0.39 is 0 Å². The lowest BCUT2D eigenvalue weighted by atomic mass is 9.73. The van der Waals surface area contributed by atoms with E-state index in [9.17, 15) is 0 Å². The van der Waals surface area contributed by atoms with Crippen molar-refractivity contribution >= 4 is 0 Å².